The van der Waals surface area contributed by atoms with Gasteiger partial charge in [0.05, 0.1) is 12.1 Å². The van der Waals surface area contributed by atoms with Crippen LogP contribution in [0.2, 0.25) is 5.02 Å². The Morgan fingerprint density at radius 1 is 1.38 bits per heavy atom. The highest BCUT2D eigenvalue weighted by Crippen LogP contribution is 2.27. The highest BCUT2D eigenvalue weighted by molar-refractivity contribution is 6.32. The molecule has 0 spiro atoms. The summed E-state index contributed by atoms with van der Waals surface area (Å²) in [5, 5.41) is 2.95. The number of methoxy groups -OCH3 is 1. The Hall–Kier alpha value is -2.54. The quantitative estimate of drug-likeness (QED) is 0.875. The molecule has 1 aromatic heterocycles. The second-order valence-corrected chi connectivity index (χ2v) is 4.54. The van der Waals surface area contributed by atoms with Gasteiger partial charge >= 0.3 is 5.69 Å². The molecule has 0 aliphatic carbocycles. The van der Waals surface area contributed by atoms with Gasteiger partial charge in [-0.15, -0.1) is 0 Å². The predicted octanol–water partition coefficient (Wildman–Crippen LogP) is 0.837. The number of amides is 1. The zero-order chi connectivity index (χ0) is 15.4. The molecule has 110 valence electrons. The molecule has 2 aromatic rings. The van der Waals surface area contributed by atoms with E-state index >= 15 is 0 Å². The van der Waals surface area contributed by atoms with Gasteiger partial charge in [-0.1, -0.05) is 11.6 Å². The topological polar surface area (TPSA) is 93.2 Å². The Bertz CT molecular complexity index is 781. The average Bonchev–Trinajstić information content (AvgIpc) is 2.42. The van der Waals surface area contributed by atoms with Gasteiger partial charge in [-0.2, -0.15) is 0 Å². The number of anilines is 1. The molecule has 0 bridgehead atoms. The number of ether oxygens (including phenoxy) is 1. The first-order chi connectivity index (χ1) is 9.99. The minimum atomic E-state index is -0.648. The SMILES string of the molecule is COc1ccc(NC(=O)Cn2ccc(=O)[nH]c2=O)cc1Cl. The van der Waals surface area contributed by atoms with Crippen LogP contribution in [0, 0.1) is 0 Å². The Morgan fingerprint density at radius 3 is 2.76 bits per heavy atom. The number of hydrogen-bond donors (Lipinski definition) is 2. The smallest absolute Gasteiger partial charge is 0.328 e. The molecule has 0 aliphatic heterocycles. The molecule has 0 atom stereocenters. The first-order valence-electron chi connectivity index (χ1n) is 5.93. The molecule has 0 radical (unpaired) electrons. The van der Waals surface area contributed by atoms with E-state index in [-0.39, 0.29) is 6.54 Å². The van der Waals surface area contributed by atoms with Crippen molar-refractivity contribution in [1.82, 2.24) is 9.55 Å². The van der Waals surface area contributed by atoms with Gasteiger partial charge in [0.15, 0.2) is 0 Å². The van der Waals surface area contributed by atoms with E-state index < -0.39 is 17.2 Å². The van der Waals surface area contributed by atoms with Crippen molar-refractivity contribution in [1.29, 1.82) is 0 Å². The maximum Gasteiger partial charge on any atom is 0.328 e. The molecule has 2 N–H and O–H groups in total. The van der Waals surface area contributed by atoms with Crippen molar-refractivity contribution in [2.75, 3.05) is 12.4 Å². The highest BCUT2D eigenvalue weighted by Gasteiger charge is 2.07. The Labute approximate surface area is 124 Å². The van der Waals surface area contributed by atoms with E-state index in [9.17, 15) is 14.4 Å². The number of hydrogen-bond acceptors (Lipinski definition) is 4. The molecule has 0 aliphatic rings. The number of H-pyrrole nitrogens is 1. The number of rotatable bonds is 4. The number of nitrogens with one attached hydrogen (secondary N) is 2. The largest absolute Gasteiger partial charge is 0.495 e. The van der Waals surface area contributed by atoms with Crippen molar-refractivity contribution in [3.05, 3.63) is 56.3 Å². The molecule has 7 nitrogen and oxygen atoms in total. The van der Waals surface area contributed by atoms with Crippen LogP contribution in [0.15, 0.2) is 40.1 Å². The van der Waals surface area contributed by atoms with Gasteiger partial charge < -0.3 is 10.1 Å². The Kier molecular flexibility index (Phi) is 4.44. The van der Waals surface area contributed by atoms with Crippen LogP contribution in [0.1, 0.15) is 0 Å². The highest BCUT2D eigenvalue weighted by atomic mass is 35.5. The number of aromatic amines is 1. The van der Waals surface area contributed by atoms with Crippen molar-refractivity contribution in [3.63, 3.8) is 0 Å². The Morgan fingerprint density at radius 2 is 2.14 bits per heavy atom. The maximum atomic E-state index is 11.8. The molecule has 0 unspecified atom stereocenters. The minimum absolute atomic E-state index is 0.223. The van der Waals surface area contributed by atoms with Gasteiger partial charge in [-0.25, -0.2) is 4.79 Å². The standard InChI is InChI=1S/C13H12ClN3O4/c1-21-10-3-2-8(6-9(10)14)15-12(19)7-17-5-4-11(18)16-13(17)20/h2-6H,7H2,1H3,(H,15,19)(H,16,18,20). The average molecular weight is 310 g/mol. The lowest BCUT2D eigenvalue weighted by atomic mass is 10.3. The fourth-order valence-corrected chi connectivity index (χ4v) is 1.93. The van der Waals surface area contributed by atoms with Crippen LogP contribution in [0.4, 0.5) is 5.69 Å². The van der Waals surface area contributed by atoms with Crippen LogP contribution in [0.25, 0.3) is 0 Å². The third-order valence-electron chi connectivity index (χ3n) is 2.65. The van der Waals surface area contributed by atoms with Crippen LogP contribution >= 0.6 is 11.6 Å². The van der Waals surface area contributed by atoms with E-state index in [0.29, 0.717) is 16.5 Å². The van der Waals surface area contributed by atoms with Gasteiger partial charge in [0.25, 0.3) is 5.56 Å². The second-order valence-electron chi connectivity index (χ2n) is 4.14. The molecular formula is C13H12ClN3O4. The zero-order valence-electron chi connectivity index (χ0n) is 11.1. The van der Waals surface area contributed by atoms with Crippen molar-refractivity contribution in [3.8, 4) is 5.75 Å². The lowest BCUT2D eigenvalue weighted by Crippen LogP contribution is -2.32. The normalized spacial score (nSPS) is 10.2. The molecule has 8 heteroatoms. The van der Waals surface area contributed by atoms with Crippen LogP contribution in [-0.4, -0.2) is 22.6 Å². The summed E-state index contributed by atoms with van der Waals surface area (Å²) in [6, 6.07) is 5.94. The van der Waals surface area contributed by atoms with Gasteiger partial charge in [0.2, 0.25) is 5.91 Å². The zero-order valence-corrected chi connectivity index (χ0v) is 11.8. The molecule has 0 saturated heterocycles. The van der Waals surface area contributed by atoms with Gasteiger partial charge in [0, 0.05) is 18.0 Å². The minimum Gasteiger partial charge on any atom is -0.495 e. The summed E-state index contributed by atoms with van der Waals surface area (Å²) in [5.74, 6) is 0.0666. The van der Waals surface area contributed by atoms with Crippen LogP contribution in [0.3, 0.4) is 0 Å². The third kappa shape index (κ3) is 3.73. The summed E-state index contributed by atoms with van der Waals surface area (Å²) >= 11 is 5.94. The predicted molar refractivity (Wildman–Crippen MR) is 78.0 cm³/mol. The number of aromatic nitrogens is 2. The fourth-order valence-electron chi connectivity index (χ4n) is 1.67. The monoisotopic (exact) mass is 309 g/mol. The summed E-state index contributed by atoms with van der Waals surface area (Å²) in [6.07, 6.45) is 1.25. The van der Waals surface area contributed by atoms with E-state index in [2.05, 4.69) is 10.3 Å². The lowest BCUT2D eigenvalue weighted by molar-refractivity contribution is -0.116. The summed E-state index contributed by atoms with van der Waals surface area (Å²) < 4.78 is 6.09. The number of carbonyl (C=O) groups is 1. The van der Waals surface area contributed by atoms with Crippen LogP contribution in [-0.2, 0) is 11.3 Å². The first-order valence-corrected chi connectivity index (χ1v) is 6.30. The van der Waals surface area contributed by atoms with Gasteiger partial charge in [-0.3, -0.25) is 19.1 Å². The number of benzene rings is 1. The fraction of sp³-hybridized carbons (Fsp3) is 0.154. The van der Waals surface area contributed by atoms with E-state index in [4.69, 9.17) is 16.3 Å². The summed E-state index contributed by atoms with van der Waals surface area (Å²) in [6.45, 7) is -0.223. The third-order valence-corrected chi connectivity index (χ3v) is 2.94. The molecular weight excluding hydrogens is 298 g/mol. The number of carbonyl (C=O) groups excluding carboxylic acids is 1. The summed E-state index contributed by atoms with van der Waals surface area (Å²) in [7, 11) is 1.49. The maximum absolute atomic E-state index is 11.8. The van der Waals surface area contributed by atoms with Crippen molar-refractivity contribution in [2.24, 2.45) is 0 Å². The van der Waals surface area contributed by atoms with Crippen molar-refractivity contribution in [2.45, 2.75) is 6.54 Å². The molecule has 2 rings (SSSR count). The van der Waals surface area contributed by atoms with Crippen LogP contribution in [0.5, 0.6) is 5.75 Å². The Balaban J connectivity index is 2.09. The number of halogens is 1. The molecule has 0 saturated carbocycles. The van der Waals surface area contributed by atoms with E-state index in [1.54, 1.807) is 12.1 Å². The summed E-state index contributed by atoms with van der Waals surface area (Å²) in [5.41, 5.74) is -0.688. The van der Waals surface area contributed by atoms with Gasteiger partial charge in [0.1, 0.15) is 12.3 Å². The number of nitrogens with zero attached hydrogens (tertiary/aromatic N) is 1. The molecule has 1 amide bonds. The first kappa shape index (κ1) is 14.9. The molecule has 1 aromatic carbocycles. The van der Waals surface area contributed by atoms with E-state index in [1.165, 1.54) is 25.4 Å². The van der Waals surface area contributed by atoms with Crippen LogP contribution < -0.4 is 21.3 Å². The molecule has 1 heterocycles. The molecule has 21 heavy (non-hydrogen) atoms. The molecule has 0 fully saturated rings. The van der Waals surface area contributed by atoms with E-state index in [0.717, 1.165) is 4.57 Å². The second kappa shape index (κ2) is 6.27. The van der Waals surface area contributed by atoms with E-state index in [1.807, 2.05) is 0 Å². The van der Waals surface area contributed by atoms with Gasteiger partial charge in [-0.05, 0) is 18.2 Å². The van der Waals surface area contributed by atoms with Crippen molar-refractivity contribution >= 4 is 23.2 Å². The lowest BCUT2D eigenvalue weighted by Gasteiger charge is -2.09. The summed E-state index contributed by atoms with van der Waals surface area (Å²) in [4.78, 5) is 36.3. The van der Waals surface area contributed by atoms with Crippen molar-refractivity contribution < 1.29 is 9.53 Å².